The molecule has 0 radical (unpaired) electrons. The molecular formula is C12H19ClN2O. The normalized spacial score (nSPS) is 11.0. The van der Waals surface area contributed by atoms with E-state index in [0.717, 1.165) is 25.2 Å². The number of hydrogen-bond donors (Lipinski definition) is 2. The predicted octanol–water partition coefficient (Wildman–Crippen LogP) is 2.09. The second-order valence-electron chi connectivity index (χ2n) is 3.82. The molecule has 0 aliphatic rings. The third kappa shape index (κ3) is 4.00. The van der Waals surface area contributed by atoms with Crippen molar-refractivity contribution >= 4 is 11.6 Å². The molecule has 0 spiro atoms. The lowest BCUT2D eigenvalue weighted by atomic mass is 10.2. The van der Waals surface area contributed by atoms with Crippen LogP contribution in [0.4, 0.5) is 0 Å². The summed E-state index contributed by atoms with van der Waals surface area (Å²) in [6.45, 7) is 5.71. The van der Waals surface area contributed by atoms with Gasteiger partial charge >= 0.3 is 0 Å². The predicted molar refractivity (Wildman–Crippen MR) is 68.0 cm³/mol. The minimum absolute atomic E-state index is 0.181. The number of halogens is 1. The highest BCUT2D eigenvalue weighted by Gasteiger charge is 2.04. The highest BCUT2D eigenvalue weighted by Crippen LogP contribution is 2.26. The van der Waals surface area contributed by atoms with Crippen molar-refractivity contribution in [3.8, 4) is 5.75 Å². The first-order chi connectivity index (χ1) is 7.65. The molecule has 0 heterocycles. The van der Waals surface area contributed by atoms with Gasteiger partial charge in [-0.15, -0.1) is 0 Å². The number of likely N-dealkylation sites (N-methyl/N-ethyl adjacent to an activating group) is 1. The zero-order chi connectivity index (χ0) is 12.0. The summed E-state index contributed by atoms with van der Waals surface area (Å²) < 4.78 is 0. The molecule has 4 heteroatoms. The first kappa shape index (κ1) is 13.3. The van der Waals surface area contributed by atoms with Gasteiger partial charge in [-0.2, -0.15) is 0 Å². The first-order valence-electron chi connectivity index (χ1n) is 5.50. The summed E-state index contributed by atoms with van der Waals surface area (Å²) >= 11 is 5.81. The van der Waals surface area contributed by atoms with E-state index in [1.807, 2.05) is 12.1 Å². The van der Waals surface area contributed by atoms with Crippen LogP contribution in [0.15, 0.2) is 18.2 Å². The summed E-state index contributed by atoms with van der Waals surface area (Å²) in [6, 6.07) is 5.40. The van der Waals surface area contributed by atoms with Crippen molar-refractivity contribution < 1.29 is 5.11 Å². The Morgan fingerprint density at radius 3 is 2.88 bits per heavy atom. The lowest BCUT2D eigenvalue weighted by Gasteiger charge is -2.14. The van der Waals surface area contributed by atoms with E-state index >= 15 is 0 Å². The van der Waals surface area contributed by atoms with Crippen molar-refractivity contribution in [2.24, 2.45) is 0 Å². The SMILES string of the molecule is CCN(C)CCNCc1cccc(Cl)c1O. The van der Waals surface area contributed by atoms with Crippen molar-refractivity contribution in [2.75, 3.05) is 26.7 Å². The number of phenols is 1. The van der Waals surface area contributed by atoms with Gasteiger partial charge in [-0.1, -0.05) is 30.7 Å². The molecule has 0 saturated carbocycles. The molecule has 0 bridgehead atoms. The molecule has 16 heavy (non-hydrogen) atoms. The fraction of sp³-hybridized carbons (Fsp3) is 0.500. The number of aromatic hydroxyl groups is 1. The zero-order valence-corrected chi connectivity index (χ0v) is 10.6. The van der Waals surface area contributed by atoms with Crippen molar-refractivity contribution in [2.45, 2.75) is 13.5 Å². The van der Waals surface area contributed by atoms with Crippen molar-refractivity contribution in [3.63, 3.8) is 0 Å². The minimum Gasteiger partial charge on any atom is -0.506 e. The van der Waals surface area contributed by atoms with Gasteiger partial charge in [-0.05, 0) is 19.7 Å². The van der Waals surface area contributed by atoms with Crippen LogP contribution >= 0.6 is 11.6 Å². The summed E-state index contributed by atoms with van der Waals surface area (Å²) in [6.07, 6.45) is 0. The quantitative estimate of drug-likeness (QED) is 0.750. The molecule has 2 N–H and O–H groups in total. The molecule has 1 aromatic rings. The van der Waals surface area contributed by atoms with Gasteiger partial charge in [0.2, 0.25) is 0 Å². The van der Waals surface area contributed by atoms with E-state index in [4.69, 9.17) is 11.6 Å². The fourth-order valence-electron chi connectivity index (χ4n) is 1.35. The number of nitrogens with zero attached hydrogens (tertiary/aromatic N) is 1. The van der Waals surface area contributed by atoms with Gasteiger partial charge in [0.15, 0.2) is 0 Å². The smallest absolute Gasteiger partial charge is 0.138 e. The topological polar surface area (TPSA) is 35.5 Å². The van der Waals surface area contributed by atoms with Crippen molar-refractivity contribution in [3.05, 3.63) is 28.8 Å². The third-order valence-electron chi connectivity index (χ3n) is 2.60. The standard InChI is InChI=1S/C12H19ClN2O/c1-3-15(2)8-7-14-9-10-5-4-6-11(13)12(10)16/h4-6,14,16H,3,7-9H2,1-2H3. The van der Waals surface area contributed by atoms with Crippen LogP contribution < -0.4 is 5.32 Å². The summed E-state index contributed by atoms with van der Waals surface area (Å²) in [7, 11) is 2.08. The number of hydrogen-bond acceptors (Lipinski definition) is 3. The Labute approximate surface area is 102 Å². The number of phenolic OH excluding ortho intramolecular Hbond substituents is 1. The fourth-order valence-corrected chi connectivity index (χ4v) is 1.55. The van der Waals surface area contributed by atoms with Crippen molar-refractivity contribution in [1.29, 1.82) is 0 Å². The molecule has 3 nitrogen and oxygen atoms in total. The molecule has 1 rings (SSSR count). The average Bonchev–Trinajstić information content (AvgIpc) is 2.29. The van der Waals surface area contributed by atoms with Crippen molar-refractivity contribution in [1.82, 2.24) is 10.2 Å². The van der Waals surface area contributed by atoms with E-state index in [-0.39, 0.29) is 5.75 Å². The number of para-hydroxylation sites is 1. The van der Waals surface area contributed by atoms with E-state index in [1.54, 1.807) is 6.07 Å². The molecule has 0 saturated heterocycles. The van der Waals surface area contributed by atoms with E-state index in [2.05, 4.69) is 24.2 Å². The van der Waals surface area contributed by atoms with Gasteiger partial charge in [-0.25, -0.2) is 0 Å². The van der Waals surface area contributed by atoms with Crippen LogP contribution in [-0.4, -0.2) is 36.7 Å². The monoisotopic (exact) mass is 242 g/mol. The van der Waals surface area contributed by atoms with Gasteiger partial charge in [0.25, 0.3) is 0 Å². The molecule has 90 valence electrons. The largest absolute Gasteiger partial charge is 0.506 e. The molecule has 1 aromatic carbocycles. The third-order valence-corrected chi connectivity index (χ3v) is 2.90. The average molecular weight is 243 g/mol. The Kier molecular flexibility index (Phi) is 5.60. The van der Waals surface area contributed by atoms with E-state index in [9.17, 15) is 5.11 Å². The molecule has 0 aliphatic heterocycles. The highest BCUT2D eigenvalue weighted by molar-refractivity contribution is 6.32. The summed E-state index contributed by atoms with van der Waals surface area (Å²) in [4.78, 5) is 2.23. The molecule has 0 aliphatic carbocycles. The summed E-state index contributed by atoms with van der Waals surface area (Å²) in [5, 5.41) is 13.4. The Balaban J connectivity index is 2.35. The minimum atomic E-state index is 0.181. The molecule has 0 amide bonds. The maximum absolute atomic E-state index is 9.67. The van der Waals surface area contributed by atoms with Crippen LogP contribution in [0, 0.1) is 0 Å². The number of nitrogens with one attached hydrogen (secondary N) is 1. The molecule has 0 atom stereocenters. The molecule has 0 aromatic heterocycles. The van der Waals surface area contributed by atoms with Crippen LogP contribution in [0.3, 0.4) is 0 Å². The van der Waals surface area contributed by atoms with Crippen LogP contribution in [-0.2, 0) is 6.54 Å². The molecule has 0 fully saturated rings. The summed E-state index contributed by atoms with van der Waals surface area (Å²) in [5.74, 6) is 0.181. The van der Waals surface area contributed by atoms with Gasteiger partial charge in [0.1, 0.15) is 5.75 Å². The lowest BCUT2D eigenvalue weighted by molar-refractivity contribution is 0.348. The van der Waals surface area contributed by atoms with Gasteiger partial charge < -0.3 is 15.3 Å². The van der Waals surface area contributed by atoms with Gasteiger partial charge in [-0.3, -0.25) is 0 Å². The molecular weight excluding hydrogens is 224 g/mol. The van der Waals surface area contributed by atoms with Gasteiger partial charge in [0, 0.05) is 25.2 Å². The van der Waals surface area contributed by atoms with Crippen LogP contribution in [0.2, 0.25) is 5.02 Å². The second-order valence-corrected chi connectivity index (χ2v) is 4.23. The molecule has 0 unspecified atom stereocenters. The van der Waals surface area contributed by atoms with E-state index in [1.165, 1.54) is 0 Å². The number of benzene rings is 1. The summed E-state index contributed by atoms with van der Waals surface area (Å²) in [5.41, 5.74) is 0.839. The number of rotatable bonds is 6. The second kappa shape index (κ2) is 6.74. The Bertz CT molecular complexity index is 331. The first-order valence-corrected chi connectivity index (χ1v) is 5.88. The Morgan fingerprint density at radius 1 is 1.44 bits per heavy atom. The zero-order valence-electron chi connectivity index (χ0n) is 9.83. The lowest BCUT2D eigenvalue weighted by Crippen LogP contribution is -2.28. The highest BCUT2D eigenvalue weighted by atomic mass is 35.5. The van der Waals surface area contributed by atoms with E-state index < -0.39 is 0 Å². The Hall–Kier alpha value is -0.770. The Morgan fingerprint density at radius 2 is 2.19 bits per heavy atom. The van der Waals surface area contributed by atoms with Gasteiger partial charge in [0.05, 0.1) is 5.02 Å². The maximum Gasteiger partial charge on any atom is 0.138 e. The van der Waals surface area contributed by atoms with E-state index in [0.29, 0.717) is 11.6 Å². The van der Waals surface area contributed by atoms with Crippen LogP contribution in [0.5, 0.6) is 5.75 Å². The van der Waals surface area contributed by atoms with Crippen LogP contribution in [0.25, 0.3) is 0 Å². The van der Waals surface area contributed by atoms with Crippen LogP contribution in [0.1, 0.15) is 12.5 Å². The maximum atomic E-state index is 9.67.